The van der Waals surface area contributed by atoms with Gasteiger partial charge in [0.15, 0.2) is 0 Å². The highest BCUT2D eigenvalue weighted by Crippen LogP contribution is 2.44. The third kappa shape index (κ3) is 2.60. The molecule has 2 unspecified atom stereocenters. The molecule has 1 heterocycles. The number of methoxy groups -OCH3 is 1. The first-order chi connectivity index (χ1) is 8.86. The van der Waals surface area contributed by atoms with Crippen molar-refractivity contribution in [1.29, 1.82) is 0 Å². The van der Waals surface area contributed by atoms with Crippen LogP contribution < -0.4 is 5.32 Å². The molecule has 2 atom stereocenters. The van der Waals surface area contributed by atoms with Crippen LogP contribution in [0.4, 0.5) is 5.82 Å². The van der Waals surface area contributed by atoms with E-state index in [1.54, 1.807) is 19.4 Å². The summed E-state index contributed by atoms with van der Waals surface area (Å²) in [6.45, 7) is 4.20. The largest absolute Gasteiger partial charge is 0.478 e. The normalized spacial score (nSPS) is 24.6. The third-order valence-corrected chi connectivity index (χ3v) is 4.29. The van der Waals surface area contributed by atoms with Crippen LogP contribution in [0.2, 0.25) is 0 Å². The van der Waals surface area contributed by atoms with E-state index in [4.69, 9.17) is 4.74 Å². The summed E-state index contributed by atoms with van der Waals surface area (Å²) in [5.74, 6) is -0.583. The minimum Gasteiger partial charge on any atom is -0.478 e. The van der Waals surface area contributed by atoms with Crippen LogP contribution in [0.25, 0.3) is 0 Å². The van der Waals surface area contributed by atoms with Crippen LogP contribution in [-0.2, 0) is 4.74 Å². The average Bonchev–Trinajstić information content (AvgIpc) is 2.35. The standard InChI is InChI=1S/C13H17BrN2O3/c1-13(2)9(5-10(13)19-3)16-11-8(12(17)18)4-7(14)6-15-11/h4,6,9-10H,5H2,1-3H3,(H,15,16)(H,17,18). The summed E-state index contributed by atoms with van der Waals surface area (Å²) in [5.41, 5.74) is 0.130. The maximum absolute atomic E-state index is 11.2. The van der Waals surface area contributed by atoms with Crippen LogP contribution in [0.1, 0.15) is 30.6 Å². The van der Waals surface area contributed by atoms with Gasteiger partial charge in [0, 0.05) is 29.2 Å². The van der Waals surface area contributed by atoms with Gasteiger partial charge in [-0.3, -0.25) is 0 Å². The van der Waals surface area contributed by atoms with Crippen molar-refractivity contribution in [3.63, 3.8) is 0 Å². The summed E-state index contributed by atoms with van der Waals surface area (Å²) in [7, 11) is 1.70. The molecule has 0 saturated heterocycles. The monoisotopic (exact) mass is 328 g/mol. The lowest BCUT2D eigenvalue weighted by atomic mass is 9.64. The topological polar surface area (TPSA) is 71.5 Å². The number of nitrogens with one attached hydrogen (secondary N) is 1. The fourth-order valence-electron chi connectivity index (χ4n) is 2.41. The summed E-state index contributed by atoms with van der Waals surface area (Å²) >= 11 is 3.23. The van der Waals surface area contributed by atoms with Crippen LogP contribution >= 0.6 is 15.9 Å². The molecule has 19 heavy (non-hydrogen) atoms. The Kier molecular flexibility index (Phi) is 3.82. The number of hydrogen-bond acceptors (Lipinski definition) is 4. The number of aromatic carboxylic acids is 1. The van der Waals surface area contributed by atoms with E-state index in [1.165, 1.54) is 0 Å². The highest BCUT2D eigenvalue weighted by molar-refractivity contribution is 9.10. The summed E-state index contributed by atoms with van der Waals surface area (Å²) < 4.78 is 6.03. The van der Waals surface area contributed by atoms with Crippen molar-refractivity contribution in [2.75, 3.05) is 12.4 Å². The number of rotatable bonds is 4. The number of aromatic nitrogens is 1. The van der Waals surface area contributed by atoms with Crippen LogP contribution in [0.5, 0.6) is 0 Å². The summed E-state index contributed by atoms with van der Waals surface area (Å²) in [6, 6.07) is 1.71. The van der Waals surface area contributed by atoms with Crippen molar-refractivity contribution >= 4 is 27.7 Å². The number of hydrogen-bond donors (Lipinski definition) is 2. The molecule has 1 aliphatic carbocycles. The van der Waals surface area contributed by atoms with Gasteiger partial charge in [0.1, 0.15) is 11.4 Å². The summed E-state index contributed by atoms with van der Waals surface area (Å²) in [4.78, 5) is 15.4. The number of carboxylic acids is 1. The number of carboxylic acid groups (broad SMARTS) is 1. The molecule has 1 aromatic rings. The Hall–Kier alpha value is -1.14. The van der Waals surface area contributed by atoms with Crippen LogP contribution in [-0.4, -0.2) is 35.3 Å². The van der Waals surface area contributed by atoms with E-state index >= 15 is 0 Å². The van der Waals surface area contributed by atoms with Gasteiger partial charge in [-0.25, -0.2) is 9.78 Å². The van der Waals surface area contributed by atoms with Crippen molar-refractivity contribution in [1.82, 2.24) is 4.98 Å². The average molecular weight is 329 g/mol. The van der Waals surface area contributed by atoms with Crippen LogP contribution in [0, 0.1) is 5.41 Å². The van der Waals surface area contributed by atoms with Crippen molar-refractivity contribution in [3.8, 4) is 0 Å². The van der Waals surface area contributed by atoms with E-state index < -0.39 is 5.97 Å². The lowest BCUT2D eigenvalue weighted by Crippen LogP contribution is -2.57. The molecule has 1 fully saturated rings. The zero-order valence-electron chi connectivity index (χ0n) is 11.1. The van der Waals surface area contributed by atoms with Crippen molar-refractivity contribution < 1.29 is 14.6 Å². The molecule has 1 saturated carbocycles. The maximum atomic E-state index is 11.2. The maximum Gasteiger partial charge on any atom is 0.339 e. The molecule has 104 valence electrons. The highest BCUT2D eigenvalue weighted by Gasteiger charge is 2.48. The number of pyridine rings is 1. The fraction of sp³-hybridized carbons (Fsp3) is 0.538. The molecule has 0 radical (unpaired) electrons. The second kappa shape index (κ2) is 5.09. The Labute approximate surface area is 120 Å². The summed E-state index contributed by atoms with van der Waals surface area (Å²) in [6.07, 6.45) is 2.63. The van der Waals surface area contributed by atoms with Gasteiger partial charge >= 0.3 is 5.97 Å². The Morgan fingerprint density at radius 3 is 2.84 bits per heavy atom. The Bertz CT molecular complexity index is 505. The van der Waals surface area contributed by atoms with E-state index in [1.807, 2.05) is 0 Å². The van der Waals surface area contributed by atoms with Gasteiger partial charge in [-0.15, -0.1) is 0 Å². The molecular weight excluding hydrogens is 312 g/mol. The number of ether oxygens (including phenoxy) is 1. The van der Waals surface area contributed by atoms with E-state index in [-0.39, 0.29) is 23.1 Å². The fourth-order valence-corrected chi connectivity index (χ4v) is 2.74. The van der Waals surface area contributed by atoms with E-state index in [9.17, 15) is 9.90 Å². The molecule has 0 aromatic carbocycles. The predicted octanol–water partition coefficient (Wildman–Crippen LogP) is 2.77. The van der Waals surface area contributed by atoms with E-state index in [0.29, 0.717) is 10.3 Å². The van der Waals surface area contributed by atoms with Gasteiger partial charge < -0.3 is 15.2 Å². The lowest BCUT2D eigenvalue weighted by Gasteiger charge is -2.51. The molecule has 0 spiro atoms. The summed E-state index contributed by atoms with van der Waals surface area (Å²) in [5, 5.41) is 12.4. The van der Waals surface area contributed by atoms with Gasteiger partial charge in [-0.1, -0.05) is 13.8 Å². The van der Waals surface area contributed by atoms with Crippen LogP contribution in [0.3, 0.4) is 0 Å². The first kappa shape index (κ1) is 14.3. The molecule has 1 aromatic heterocycles. The number of anilines is 1. The molecule has 0 aliphatic heterocycles. The Morgan fingerprint density at radius 2 is 2.32 bits per heavy atom. The first-order valence-corrected chi connectivity index (χ1v) is 6.83. The SMILES string of the molecule is COC1CC(Nc2ncc(Br)cc2C(=O)O)C1(C)C. The van der Waals surface area contributed by atoms with Gasteiger partial charge in [-0.2, -0.15) is 0 Å². The molecular formula is C13H17BrN2O3. The second-order valence-corrected chi connectivity index (χ2v) is 6.25. The third-order valence-electron chi connectivity index (χ3n) is 3.86. The molecule has 6 heteroatoms. The molecule has 2 rings (SSSR count). The number of carbonyl (C=O) groups is 1. The number of nitrogens with zero attached hydrogens (tertiary/aromatic N) is 1. The van der Waals surface area contributed by atoms with Gasteiger partial charge in [0.05, 0.1) is 6.10 Å². The minimum absolute atomic E-state index is 0.0424. The first-order valence-electron chi connectivity index (χ1n) is 6.04. The second-order valence-electron chi connectivity index (χ2n) is 5.33. The molecule has 2 N–H and O–H groups in total. The quantitative estimate of drug-likeness (QED) is 0.889. The van der Waals surface area contributed by atoms with Gasteiger partial charge in [0.2, 0.25) is 0 Å². The smallest absolute Gasteiger partial charge is 0.339 e. The zero-order valence-corrected chi connectivity index (χ0v) is 12.7. The number of halogens is 1. The van der Waals surface area contributed by atoms with Crippen LogP contribution in [0.15, 0.2) is 16.7 Å². The molecule has 5 nitrogen and oxygen atoms in total. The predicted molar refractivity (Wildman–Crippen MR) is 75.5 cm³/mol. The van der Waals surface area contributed by atoms with Gasteiger partial charge in [-0.05, 0) is 28.4 Å². The molecule has 1 aliphatic rings. The highest BCUT2D eigenvalue weighted by atomic mass is 79.9. The molecule has 0 amide bonds. The van der Waals surface area contributed by atoms with Gasteiger partial charge in [0.25, 0.3) is 0 Å². The zero-order chi connectivity index (χ0) is 14.2. The lowest BCUT2D eigenvalue weighted by molar-refractivity contribution is -0.0795. The van der Waals surface area contributed by atoms with Crippen molar-refractivity contribution in [3.05, 3.63) is 22.3 Å². The van der Waals surface area contributed by atoms with Crippen molar-refractivity contribution in [2.45, 2.75) is 32.4 Å². The Morgan fingerprint density at radius 1 is 1.63 bits per heavy atom. The Balaban J connectivity index is 2.19. The van der Waals surface area contributed by atoms with E-state index in [2.05, 4.69) is 40.1 Å². The molecule has 0 bridgehead atoms. The van der Waals surface area contributed by atoms with Crippen molar-refractivity contribution in [2.24, 2.45) is 5.41 Å². The van der Waals surface area contributed by atoms with E-state index in [0.717, 1.165) is 6.42 Å². The minimum atomic E-state index is -0.989.